The van der Waals surface area contributed by atoms with Crippen molar-refractivity contribution in [3.8, 4) is 0 Å². The number of aliphatic hydroxyl groups is 1. The Hall–Kier alpha value is -0.120. The van der Waals surface area contributed by atoms with Gasteiger partial charge in [-0.3, -0.25) is 4.90 Å². The molecule has 2 aliphatic rings. The third-order valence-corrected chi connectivity index (χ3v) is 3.09. The number of rotatable bonds is 2. The van der Waals surface area contributed by atoms with Crippen molar-refractivity contribution in [3.05, 3.63) is 0 Å². The summed E-state index contributed by atoms with van der Waals surface area (Å²) in [6.07, 6.45) is 2.70. The fraction of sp³-hybridized carbons (Fsp3) is 1.00. The molecule has 2 N–H and O–H groups in total. The highest BCUT2D eigenvalue weighted by molar-refractivity contribution is 4.91. The molecule has 0 saturated carbocycles. The Bertz CT molecular complexity index is 137. The van der Waals surface area contributed by atoms with Crippen LogP contribution in [0.25, 0.3) is 0 Å². The molecule has 0 aromatic carbocycles. The average molecular weight is 170 g/mol. The maximum atomic E-state index is 8.80. The lowest BCUT2D eigenvalue weighted by Gasteiger charge is -2.24. The lowest BCUT2D eigenvalue weighted by atomic mass is 9.94. The molecule has 2 fully saturated rings. The lowest BCUT2D eigenvalue weighted by molar-refractivity contribution is 0.216. The fourth-order valence-electron chi connectivity index (χ4n) is 2.46. The third-order valence-electron chi connectivity index (χ3n) is 3.09. The zero-order chi connectivity index (χ0) is 8.39. The van der Waals surface area contributed by atoms with Gasteiger partial charge in [-0.1, -0.05) is 0 Å². The van der Waals surface area contributed by atoms with E-state index >= 15 is 0 Å². The van der Waals surface area contributed by atoms with Crippen molar-refractivity contribution < 1.29 is 5.11 Å². The molecular formula is C9H18N2O. The molecule has 3 nitrogen and oxygen atoms in total. The second kappa shape index (κ2) is 3.73. The maximum Gasteiger partial charge on any atom is 0.0558 e. The van der Waals surface area contributed by atoms with Crippen LogP contribution in [0.1, 0.15) is 12.8 Å². The zero-order valence-corrected chi connectivity index (χ0v) is 7.50. The summed E-state index contributed by atoms with van der Waals surface area (Å²) in [4.78, 5) is 2.37. The minimum absolute atomic E-state index is 0.305. The van der Waals surface area contributed by atoms with E-state index in [2.05, 4.69) is 10.2 Å². The minimum atomic E-state index is 0.305. The van der Waals surface area contributed by atoms with E-state index in [1.165, 1.54) is 25.9 Å². The Labute approximate surface area is 73.8 Å². The molecule has 2 aliphatic heterocycles. The first-order chi connectivity index (χ1) is 5.90. The van der Waals surface area contributed by atoms with Crippen LogP contribution in [0.4, 0.5) is 0 Å². The van der Waals surface area contributed by atoms with Gasteiger partial charge in [-0.15, -0.1) is 0 Å². The molecule has 0 radical (unpaired) electrons. The first kappa shape index (κ1) is 8.48. The molecule has 2 atom stereocenters. The standard InChI is InChI=1S/C9H18N2O/c12-5-4-11-6-8-2-1-3-10-9(8)7-11/h8-10,12H,1-7H2/t8-,9+/m0/s1. The number of aliphatic hydroxyl groups excluding tert-OH is 1. The molecular weight excluding hydrogens is 152 g/mol. The smallest absolute Gasteiger partial charge is 0.0558 e. The molecule has 0 aromatic heterocycles. The highest BCUT2D eigenvalue weighted by Gasteiger charge is 2.33. The van der Waals surface area contributed by atoms with Gasteiger partial charge >= 0.3 is 0 Å². The maximum absolute atomic E-state index is 8.80. The summed E-state index contributed by atoms with van der Waals surface area (Å²) in [5.41, 5.74) is 0. The Kier molecular flexibility index (Phi) is 2.63. The van der Waals surface area contributed by atoms with E-state index in [0.717, 1.165) is 19.0 Å². The molecule has 0 aliphatic carbocycles. The predicted octanol–water partition coefficient (Wildman–Crippen LogP) is -0.337. The molecule has 0 aromatic rings. The molecule has 0 unspecified atom stereocenters. The van der Waals surface area contributed by atoms with Gasteiger partial charge in [0.25, 0.3) is 0 Å². The van der Waals surface area contributed by atoms with Crippen LogP contribution in [0.2, 0.25) is 0 Å². The second-order valence-electron chi connectivity index (χ2n) is 3.95. The molecule has 3 heteroatoms. The van der Waals surface area contributed by atoms with Gasteiger partial charge in [0.15, 0.2) is 0 Å². The van der Waals surface area contributed by atoms with Crippen LogP contribution in [0.5, 0.6) is 0 Å². The van der Waals surface area contributed by atoms with Crippen LogP contribution >= 0.6 is 0 Å². The van der Waals surface area contributed by atoms with Crippen LogP contribution in [0.3, 0.4) is 0 Å². The molecule has 0 bridgehead atoms. The van der Waals surface area contributed by atoms with E-state index < -0.39 is 0 Å². The summed E-state index contributed by atoms with van der Waals surface area (Å²) in [7, 11) is 0. The van der Waals surface area contributed by atoms with Crippen molar-refractivity contribution in [2.24, 2.45) is 5.92 Å². The summed E-state index contributed by atoms with van der Waals surface area (Å²) in [6, 6.07) is 0.713. The van der Waals surface area contributed by atoms with E-state index in [-0.39, 0.29) is 0 Å². The third kappa shape index (κ3) is 1.63. The van der Waals surface area contributed by atoms with E-state index in [1.54, 1.807) is 0 Å². The number of hydrogen-bond donors (Lipinski definition) is 2. The van der Waals surface area contributed by atoms with E-state index in [0.29, 0.717) is 12.6 Å². The summed E-state index contributed by atoms with van der Waals surface area (Å²) < 4.78 is 0. The number of nitrogens with one attached hydrogen (secondary N) is 1. The van der Waals surface area contributed by atoms with Crippen LogP contribution < -0.4 is 5.32 Å². The van der Waals surface area contributed by atoms with E-state index in [9.17, 15) is 0 Å². The number of piperidine rings is 1. The quantitative estimate of drug-likeness (QED) is 0.595. The molecule has 0 spiro atoms. The second-order valence-corrected chi connectivity index (χ2v) is 3.95. The van der Waals surface area contributed by atoms with Crippen LogP contribution in [0.15, 0.2) is 0 Å². The van der Waals surface area contributed by atoms with Gasteiger partial charge in [0.1, 0.15) is 0 Å². The largest absolute Gasteiger partial charge is 0.395 e. The molecule has 70 valence electrons. The molecule has 0 amide bonds. The van der Waals surface area contributed by atoms with Crippen LogP contribution in [0, 0.1) is 5.92 Å². The van der Waals surface area contributed by atoms with Crippen LogP contribution in [-0.4, -0.2) is 48.8 Å². The van der Waals surface area contributed by atoms with Crippen LogP contribution in [-0.2, 0) is 0 Å². The first-order valence-electron chi connectivity index (χ1n) is 4.97. The van der Waals surface area contributed by atoms with Gasteiger partial charge in [-0.05, 0) is 25.3 Å². The number of likely N-dealkylation sites (tertiary alicyclic amines) is 1. The monoisotopic (exact) mass is 170 g/mol. The minimum Gasteiger partial charge on any atom is -0.395 e. The molecule has 12 heavy (non-hydrogen) atoms. The highest BCUT2D eigenvalue weighted by atomic mass is 16.3. The van der Waals surface area contributed by atoms with Crippen molar-refractivity contribution in [1.82, 2.24) is 10.2 Å². The predicted molar refractivity (Wildman–Crippen MR) is 48.0 cm³/mol. The number of fused-ring (bicyclic) bond motifs is 1. The summed E-state index contributed by atoms with van der Waals surface area (Å²) >= 11 is 0. The molecule has 2 heterocycles. The van der Waals surface area contributed by atoms with Gasteiger partial charge in [-0.25, -0.2) is 0 Å². The van der Waals surface area contributed by atoms with Crippen molar-refractivity contribution in [3.63, 3.8) is 0 Å². The van der Waals surface area contributed by atoms with Crippen molar-refractivity contribution in [1.29, 1.82) is 0 Å². The summed E-state index contributed by atoms with van der Waals surface area (Å²) in [6.45, 7) is 4.69. The first-order valence-corrected chi connectivity index (χ1v) is 4.97. The summed E-state index contributed by atoms with van der Waals surface area (Å²) in [5.74, 6) is 0.852. The SMILES string of the molecule is OCCN1C[C@@H]2CCCN[C@@H]2C1. The zero-order valence-electron chi connectivity index (χ0n) is 7.50. The fourth-order valence-corrected chi connectivity index (χ4v) is 2.46. The van der Waals surface area contributed by atoms with Crippen molar-refractivity contribution >= 4 is 0 Å². The normalized spacial score (nSPS) is 36.8. The topological polar surface area (TPSA) is 35.5 Å². The Morgan fingerprint density at radius 2 is 2.33 bits per heavy atom. The molecule has 2 saturated heterocycles. The lowest BCUT2D eigenvalue weighted by Crippen LogP contribution is -2.40. The number of nitrogens with zero attached hydrogens (tertiary/aromatic N) is 1. The van der Waals surface area contributed by atoms with Gasteiger partial charge < -0.3 is 10.4 Å². The van der Waals surface area contributed by atoms with Crippen molar-refractivity contribution in [2.45, 2.75) is 18.9 Å². The summed E-state index contributed by atoms with van der Waals surface area (Å²) in [5, 5.41) is 12.3. The van der Waals surface area contributed by atoms with Gasteiger partial charge in [0.2, 0.25) is 0 Å². The van der Waals surface area contributed by atoms with E-state index in [1.807, 2.05) is 0 Å². The Morgan fingerprint density at radius 1 is 1.42 bits per heavy atom. The molecule has 2 rings (SSSR count). The number of hydrogen-bond acceptors (Lipinski definition) is 3. The average Bonchev–Trinajstić information content (AvgIpc) is 2.47. The van der Waals surface area contributed by atoms with Gasteiger partial charge in [0, 0.05) is 25.7 Å². The number of β-amino-alcohol motifs (C(OH)–C–C–N with tert-alkyl or cyclic N) is 1. The van der Waals surface area contributed by atoms with Gasteiger partial charge in [-0.2, -0.15) is 0 Å². The highest BCUT2D eigenvalue weighted by Crippen LogP contribution is 2.24. The Balaban J connectivity index is 1.85. The Morgan fingerprint density at radius 3 is 3.08 bits per heavy atom. The van der Waals surface area contributed by atoms with Gasteiger partial charge in [0.05, 0.1) is 6.61 Å². The van der Waals surface area contributed by atoms with E-state index in [4.69, 9.17) is 5.11 Å². The van der Waals surface area contributed by atoms with Crippen molar-refractivity contribution in [2.75, 3.05) is 32.8 Å².